The number of fused-ring (bicyclic) bond motifs is 1. The molecule has 240 valence electrons. The van der Waals surface area contributed by atoms with E-state index >= 15 is 0 Å². The molecule has 2 bridgehead atoms. The zero-order chi connectivity index (χ0) is 32.5. The Morgan fingerprint density at radius 2 is 1.64 bits per heavy atom. The molecule has 0 aliphatic carbocycles. The van der Waals surface area contributed by atoms with E-state index in [-0.39, 0.29) is 43.3 Å². The van der Waals surface area contributed by atoms with E-state index in [1.807, 2.05) is 51.1 Å². The van der Waals surface area contributed by atoms with Gasteiger partial charge in [0.1, 0.15) is 17.4 Å². The Kier molecular flexibility index (Phi) is 9.23. The third kappa shape index (κ3) is 5.25. The van der Waals surface area contributed by atoms with Crippen LogP contribution >= 0.6 is 0 Å². The van der Waals surface area contributed by atoms with Crippen LogP contribution in [0.4, 0.5) is 11.4 Å². The summed E-state index contributed by atoms with van der Waals surface area (Å²) >= 11 is 0. The maximum Gasteiger partial charge on any atom is 0.253 e. The summed E-state index contributed by atoms with van der Waals surface area (Å²) in [6.45, 7) is 13.7. The number of benzene rings is 2. The van der Waals surface area contributed by atoms with Crippen LogP contribution in [-0.2, 0) is 19.1 Å². The molecule has 3 heterocycles. The van der Waals surface area contributed by atoms with E-state index in [4.69, 9.17) is 9.47 Å². The lowest BCUT2D eigenvalue weighted by Crippen LogP contribution is -2.60. The van der Waals surface area contributed by atoms with Crippen LogP contribution in [0, 0.1) is 17.8 Å². The van der Waals surface area contributed by atoms with E-state index in [9.17, 15) is 19.5 Å². The fourth-order valence-corrected chi connectivity index (χ4v) is 7.78. The Balaban J connectivity index is 1.64. The molecule has 3 amide bonds. The van der Waals surface area contributed by atoms with Crippen LogP contribution in [0.15, 0.2) is 79.9 Å². The highest BCUT2D eigenvalue weighted by Crippen LogP contribution is 2.64. The number of aliphatic hydroxyl groups is 1. The average molecular weight is 616 g/mol. The standard InChI is InChI=1S/C36H45N3O6/c1-7-21-37(25-13-11-10-12-14-25)32(41)29-30-33(42)39(28(23-40)24(4)9-3)31(36(30)20-19-35(29,5)45-36)34(43)38(22-8-2)26-15-17-27(44-6)18-16-26/h7-8,10-18,24,28-31,40H,1-2,9,19-23H2,3-6H3/t24-,28-,29+,30-,31?,35-,36?/m0/s1. The first-order valence-corrected chi connectivity index (χ1v) is 15.8. The van der Waals surface area contributed by atoms with Crippen molar-refractivity contribution < 1.29 is 29.0 Å². The zero-order valence-corrected chi connectivity index (χ0v) is 26.7. The lowest BCUT2D eigenvalue weighted by atomic mass is 9.66. The van der Waals surface area contributed by atoms with Gasteiger partial charge in [-0.2, -0.15) is 0 Å². The van der Waals surface area contributed by atoms with Crippen LogP contribution in [0.2, 0.25) is 0 Å². The Bertz CT molecular complexity index is 1430. The topological polar surface area (TPSA) is 99.6 Å². The minimum Gasteiger partial charge on any atom is -0.497 e. The molecule has 9 heteroatoms. The summed E-state index contributed by atoms with van der Waals surface area (Å²) in [5.41, 5.74) is -0.885. The second-order valence-corrected chi connectivity index (χ2v) is 12.6. The molecule has 1 spiro atoms. The molecule has 1 N–H and O–H groups in total. The van der Waals surface area contributed by atoms with Crippen LogP contribution in [0.25, 0.3) is 0 Å². The van der Waals surface area contributed by atoms with Crippen molar-refractivity contribution in [3.63, 3.8) is 0 Å². The molecule has 5 rings (SSSR count). The maximum atomic E-state index is 14.9. The smallest absolute Gasteiger partial charge is 0.253 e. The number of anilines is 2. The summed E-state index contributed by atoms with van der Waals surface area (Å²) in [7, 11) is 1.58. The quantitative estimate of drug-likeness (QED) is 0.331. The second kappa shape index (κ2) is 12.8. The van der Waals surface area contributed by atoms with E-state index < -0.39 is 35.1 Å². The number of rotatable bonds is 13. The number of carbonyl (C=O) groups excluding carboxylic acids is 3. The fourth-order valence-electron chi connectivity index (χ4n) is 7.78. The zero-order valence-electron chi connectivity index (χ0n) is 26.7. The summed E-state index contributed by atoms with van der Waals surface area (Å²) in [5.74, 6) is -2.08. The number of para-hydroxylation sites is 1. The highest BCUT2D eigenvalue weighted by atomic mass is 16.5. The van der Waals surface area contributed by atoms with Crippen molar-refractivity contribution in [2.45, 2.75) is 63.3 Å². The first-order valence-electron chi connectivity index (χ1n) is 15.8. The molecule has 45 heavy (non-hydrogen) atoms. The van der Waals surface area contributed by atoms with Gasteiger partial charge in [0.15, 0.2) is 0 Å². The Hall–Kier alpha value is -3.95. The summed E-state index contributed by atoms with van der Waals surface area (Å²) < 4.78 is 12.2. The van der Waals surface area contributed by atoms with Crippen LogP contribution in [0.1, 0.15) is 40.0 Å². The first kappa shape index (κ1) is 32.4. The Morgan fingerprint density at radius 1 is 1.04 bits per heavy atom. The van der Waals surface area contributed by atoms with E-state index in [1.165, 1.54) is 0 Å². The van der Waals surface area contributed by atoms with Crippen LogP contribution in [0.3, 0.4) is 0 Å². The molecule has 3 saturated heterocycles. The van der Waals surface area contributed by atoms with Crippen molar-refractivity contribution in [3.05, 3.63) is 79.9 Å². The molecule has 2 aromatic carbocycles. The summed E-state index contributed by atoms with van der Waals surface area (Å²) in [6, 6.07) is 14.8. The molecule has 3 fully saturated rings. The largest absolute Gasteiger partial charge is 0.497 e. The molecular formula is C36H45N3O6. The van der Waals surface area contributed by atoms with Gasteiger partial charge in [0.25, 0.3) is 5.91 Å². The number of methoxy groups -OCH3 is 1. The van der Waals surface area contributed by atoms with Gasteiger partial charge < -0.3 is 29.3 Å². The van der Waals surface area contributed by atoms with Crippen LogP contribution in [-0.4, -0.2) is 77.8 Å². The van der Waals surface area contributed by atoms with Crippen molar-refractivity contribution in [1.29, 1.82) is 0 Å². The van der Waals surface area contributed by atoms with Gasteiger partial charge in [-0.25, -0.2) is 0 Å². The molecule has 3 aliphatic heterocycles. The summed E-state index contributed by atoms with van der Waals surface area (Å²) in [5, 5.41) is 10.7. The van der Waals surface area contributed by atoms with E-state index in [0.29, 0.717) is 36.4 Å². The third-order valence-corrected chi connectivity index (χ3v) is 10.2. The van der Waals surface area contributed by atoms with Crippen LogP contribution < -0.4 is 14.5 Å². The number of ether oxygens (including phenoxy) is 2. The Labute approximate surface area is 266 Å². The third-order valence-electron chi connectivity index (χ3n) is 10.2. The van der Waals surface area contributed by atoms with E-state index in [0.717, 1.165) is 0 Å². The number of aliphatic hydroxyl groups excluding tert-OH is 1. The molecule has 9 nitrogen and oxygen atoms in total. The number of nitrogens with zero attached hydrogens (tertiary/aromatic N) is 3. The van der Waals surface area contributed by atoms with Crippen molar-refractivity contribution >= 4 is 29.1 Å². The van der Waals surface area contributed by atoms with Gasteiger partial charge in [-0.15, -0.1) is 13.2 Å². The van der Waals surface area contributed by atoms with Crippen LogP contribution in [0.5, 0.6) is 5.75 Å². The molecule has 0 aromatic heterocycles. The fraction of sp³-hybridized carbons (Fsp3) is 0.472. The predicted molar refractivity (Wildman–Crippen MR) is 174 cm³/mol. The first-order chi connectivity index (χ1) is 21.6. The maximum absolute atomic E-state index is 14.9. The average Bonchev–Trinajstić information content (AvgIpc) is 3.63. The van der Waals surface area contributed by atoms with Gasteiger partial charge in [0.05, 0.1) is 37.2 Å². The monoisotopic (exact) mass is 615 g/mol. The number of amides is 3. The van der Waals surface area contributed by atoms with Gasteiger partial charge in [-0.3, -0.25) is 14.4 Å². The minimum atomic E-state index is -1.24. The second-order valence-electron chi connectivity index (χ2n) is 12.6. The number of hydrogen-bond donors (Lipinski definition) is 1. The van der Waals surface area contributed by atoms with Gasteiger partial charge in [-0.1, -0.05) is 50.6 Å². The number of likely N-dealkylation sites (tertiary alicyclic amines) is 1. The van der Waals surface area contributed by atoms with E-state index in [1.54, 1.807) is 58.2 Å². The molecule has 3 aliphatic rings. The van der Waals surface area contributed by atoms with Crippen molar-refractivity contribution in [1.82, 2.24) is 4.90 Å². The summed E-state index contributed by atoms with van der Waals surface area (Å²) in [6.07, 6.45) is 4.94. The predicted octanol–water partition coefficient (Wildman–Crippen LogP) is 4.61. The normalized spacial score (nSPS) is 27.9. The molecule has 0 radical (unpaired) electrons. The SMILES string of the molecule is C=CCN(C(=O)C1N([C@@H](CO)[C@@H](C)CC)C(=O)[C@@H]2[C@H](C(=O)N(CC=C)c3ccccc3)[C@]3(C)CCC12O3)c1ccc(OC)cc1. The van der Waals surface area contributed by atoms with Gasteiger partial charge in [0, 0.05) is 24.5 Å². The minimum absolute atomic E-state index is 0.109. The molecule has 2 aromatic rings. The summed E-state index contributed by atoms with van der Waals surface area (Å²) in [4.78, 5) is 49.2. The highest BCUT2D eigenvalue weighted by Gasteiger charge is 2.79. The van der Waals surface area contributed by atoms with Crippen molar-refractivity contribution in [3.8, 4) is 5.75 Å². The molecule has 7 atom stereocenters. The highest BCUT2D eigenvalue weighted by molar-refractivity contribution is 6.07. The van der Waals surface area contributed by atoms with Crippen molar-refractivity contribution in [2.24, 2.45) is 17.8 Å². The van der Waals surface area contributed by atoms with Crippen molar-refractivity contribution in [2.75, 3.05) is 36.6 Å². The van der Waals surface area contributed by atoms with E-state index in [2.05, 4.69) is 13.2 Å². The molecular weight excluding hydrogens is 570 g/mol. The lowest BCUT2D eigenvalue weighted by molar-refractivity contribution is -0.149. The number of carbonyl (C=O) groups is 3. The van der Waals surface area contributed by atoms with Gasteiger partial charge >= 0.3 is 0 Å². The molecule has 2 unspecified atom stereocenters. The molecule has 0 saturated carbocycles. The Morgan fingerprint density at radius 3 is 2.20 bits per heavy atom. The lowest BCUT2D eigenvalue weighted by Gasteiger charge is -2.41. The number of hydrogen-bond acceptors (Lipinski definition) is 6. The van der Waals surface area contributed by atoms with Gasteiger partial charge in [0.2, 0.25) is 11.8 Å². The van der Waals surface area contributed by atoms with Gasteiger partial charge in [-0.05, 0) is 62.1 Å².